The molecule has 2 rings (SSSR count). The number of hydrogen-bond donors (Lipinski definition) is 2. The summed E-state index contributed by atoms with van der Waals surface area (Å²) in [4.78, 5) is -0.315. The maximum absolute atomic E-state index is 13.5. The Labute approximate surface area is 123 Å². The van der Waals surface area contributed by atoms with Crippen LogP contribution in [-0.2, 0) is 10.0 Å². The molecule has 0 spiro atoms. The Bertz CT molecular complexity index is 693. The summed E-state index contributed by atoms with van der Waals surface area (Å²) in [5.74, 6) is -0.832. The molecule has 1 aromatic carbocycles. The van der Waals surface area contributed by atoms with Crippen LogP contribution in [0.3, 0.4) is 0 Å². The normalized spacial score (nSPS) is 15.3. The zero-order chi connectivity index (χ0) is 15.3. The van der Waals surface area contributed by atoms with Crippen molar-refractivity contribution in [3.63, 3.8) is 0 Å². The quantitative estimate of drug-likeness (QED) is 0.803. The van der Waals surface area contributed by atoms with Gasteiger partial charge >= 0.3 is 0 Å². The van der Waals surface area contributed by atoms with E-state index in [1.807, 2.05) is 6.08 Å². The molecular formula is C14H16FN3O2S. The van der Waals surface area contributed by atoms with Crippen LogP contribution in [0.1, 0.15) is 18.4 Å². The fraction of sp³-hybridized carbons (Fsp3) is 0.357. The maximum Gasteiger partial charge on any atom is 0.242 e. The van der Waals surface area contributed by atoms with E-state index in [9.17, 15) is 12.8 Å². The molecule has 21 heavy (non-hydrogen) atoms. The number of rotatable bonds is 5. The predicted molar refractivity (Wildman–Crippen MR) is 76.5 cm³/mol. The van der Waals surface area contributed by atoms with Gasteiger partial charge in [0, 0.05) is 13.1 Å². The Morgan fingerprint density at radius 3 is 2.90 bits per heavy atom. The van der Waals surface area contributed by atoms with Gasteiger partial charge in [-0.05, 0) is 31.5 Å². The molecule has 0 aliphatic carbocycles. The fourth-order valence-electron chi connectivity index (χ4n) is 2.16. The van der Waals surface area contributed by atoms with E-state index in [-0.39, 0.29) is 11.4 Å². The van der Waals surface area contributed by atoms with Crippen LogP contribution in [0.4, 0.5) is 4.39 Å². The third-order valence-electron chi connectivity index (χ3n) is 3.27. The molecule has 0 saturated heterocycles. The van der Waals surface area contributed by atoms with Crippen molar-refractivity contribution in [3.05, 3.63) is 41.2 Å². The highest BCUT2D eigenvalue weighted by Gasteiger charge is 2.20. The van der Waals surface area contributed by atoms with Gasteiger partial charge in [0.15, 0.2) is 0 Å². The molecule has 0 amide bonds. The standard InChI is InChI=1S/C14H16FN3O2S/c15-13-2-1-3-14(12(13)10-16)21(19,20)18-9-6-11-4-7-17-8-5-11/h1-4,17-18H,5-9H2. The van der Waals surface area contributed by atoms with Crippen molar-refractivity contribution >= 4 is 10.0 Å². The summed E-state index contributed by atoms with van der Waals surface area (Å²) >= 11 is 0. The van der Waals surface area contributed by atoms with Gasteiger partial charge in [-0.1, -0.05) is 17.7 Å². The highest BCUT2D eigenvalue weighted by Crippen LogP contribution is 2.18. The highest BCUT2D eigenvalue weighted by atomic mass is 32.2. The lowest BCUT2D eigenvalue weighted by atomic mass is 10.1. The molecule has 1 aliphatic rings. The first kappa shape index (κ1) is 15.6. The minimum absolute atomic E-state index is 0.232. The van der Waals surface area contributed by atoms with Crippen molar-refractivity contribution in [3.8, 4) is 6.07 Å². The molecule has 2 N–H and O–H groups in total. The highest BCUT2D eigenvalue weighted by molar-refractivity contribution is 7.89. The van der Waals surface area contributed by atoms with Gasteiger partial charge in [0.2, 0.25) is 10.0 Å². The summed E-state index contributed by atoms with van der Waals surface area (Å²) in [6.07, 6.45) is 3.55. The zero-order valence-corrected chi connectivity index (χ0v) is 12.2. The van der Waals surface area contributed by atoms with Gasteiger partial charge < -0.3 is 5.32 Å². The Balaban J connectivity index is 2.07. The third kappa shape index (κ3) is 3.88. The molecule has 0 fully saturated rings. The summed E-state index contributed by atoms with van der Waals surface area (Å²) in [5, 5.41) is 12.1. The lowest BCUT2D eigenvalue weighted by Gasteiger charge is -2.14. The molecule has 0 unspecified atom stereocenters. The van der Waals surface area contributed by atoms with E-state index in [2.05, 4.69) is 10.0 Å². The van der Waals surface area contributed by atoms with Crippen molar-refractivity contribution in [1.82, 2.24) is 10.0 Å². The first-order valence-electron chi connectivity index (χ1n) is 6.61. The van der Waals surface area contributed by atoms with Gasteiger partial charge in [-0.25, -0.2) is 17.5 Å². The molecule has 7 heteroatoms. The van der Waals surface area contributed by atoms with Crippen LogP contribution in [0, 0.1) is 17.1 Å². The fourth-order valence-corrected chi connectivity index (χ4v) is 3.35. The monoisotopic (exact) mass is 309 g/mol. The van der Waals surface area contributed by atoms with E-state index < -0.39 is 21.4 Å². The van der Waals surface area contributed by atoms with Crippen LogP contribution in [0.2, 0.25) is 0 Å². The van der Waals surface area contributed by atoms with E-state index in [4.69, 9.17) is 5.26 Å². The molecule has 0 saturated carbocycles. The van der Waals surface area contributed by atoms with E-state index in [0.29, 0.717) is 6.42 Å². The topological polar surface area (TPSA) is 82.0 Å². The van der Waals surface area contributed by atoms with E-state index in [1.54, 1.807) is 6.07 Å². The van der Waals surface area contributed by atoms with Gasteiger partial charge in [0.1, 0.15) is 22.3 Å². The molecule has 0 atom stereocenters. The van der Waals surface area contributed by atoms with Gasteiger partial charge in [0.05, 0.1) is 0 Å². The van der Waals surface area contributed by atoms with Crippen LogP contribution >= 0.6 is 0 Å². The van der Waals surface area contributed by atoms with Crippen LogP contribution in [-0.4, -0.2) is 28.1 Å². The number of sulfonamides is 1. The zero-order valence-electron chi connectivity index (χ0n) is 11.4. The molecule has 1 aliphatic heterocycles. The maximum atomic E-state index is 13.5. The smallest absolute Gasteiger partial charge is 0.242 e. The van der Waals surface area contributed by atoms with Crippen molar-refractivity contribution < 1.29 is 12.8 Å². The summed E-state index contributed by atoms with van der Waals surface area (Å²) in [7, 11) is -3.88. The van der Waals surface area contributed by atoms with E-state index in [0.717, 1.165) is 25.6 Å². The van der Waals surface area contributed by atoms with E-state index >= 15 is 0 Å². The largest absolute Gasteiger partial charge is 0.313 e. The minimum Gasteiger partial charge on any atom is -0.313 e. The van der Waals surface area contributed by atoms with E-state index in [1.165, 1.54) is 17.7 Å². The van der Waals surface area contributed by atoms with Crippen LogP contribution in [0.25, 0.3) is 0 Å². The number of nitrogens with one attached hydrogen (secondary N) is 2. The molecule has 1 heterocycles. The molecule has 0 radical (unpaired) electrons. The molecular weight excluding hydrogens is 293 g/mol. The van der Waals surface area contributed by atoms with Gasteiger partial charge in [-0.15, -0.1) is 0 Å². The Hall–Kier alpha value is -1.75. The second-order valence-electron chi connectivity index (χ2n) is 4.69. The van der Waals surface area contributed by atoms with Crippen LogP contribution in [0.15, 0.2) is 34.7 Å². The molecule has 0 bridgehead atoms. The van der Waals surface area contributed by atoms with Gasteiger partial charge in [-0.2, -0.15) is 5.26 Å². The molecule has 112 valence electrons. The Morgan fingerprint density at radius 1 is 1.43 bits per heavy atom. The van der Waals surface area contributed by atoms with Crippen LogP contribution < -0.4 is 10.0 Å². The second kappa shape index (κ2) is 6.80. The number of nitriles is 1. The average molecular weight is 309 g/mol. The van der Waals surface area contributed by atoms with Crippen LogP contribution in [0.5, 0.6) is 0 Å². The minimum atomic E-state index is -3.88. The Kier molecular flexibility index (Phi) is 5.07. The molecule has 5 nitrogen and oxygen atoms in total. The first-order valence-corrected chi connectivity index (χ1v) is 8.10. The number of nitrogens with zero attached hydrogens (tertiary/aromatic N) is 1. The Morgan fingerprint density at radius 2 is 2.24 bits per heavy atom. The number of hydrogen-bond acceptors (Lipinski definition) is 4. The summed E-state index contributed by atoms with van der Waals surface area (Å²) in [6.45, 7) is 1.92. The summed E-state index contributed by atoms with van der Waals surface area (Å²) in [6, 6.07) is 5.17. The van der Waals surface area contributed by atoms with Crippen molar-refractivity contribution in [2.75, 3.05) is 19.6 Å². The number of halogens is 1. The van der Waals surface area contributed by atoms with Crippen molar-refractivity contribution in [2.24, 2.45) is 0 Å². The van der Waals surface area contributed by atoms with Gasteiger partial charge in [-0.3, -0.25) is 0 Å². The summed E-state index contributed by atoms with van der Waals surface area (Å²) in [5.41, 5.74) is 0.738. The predicted octanol–water partition coefficient (Wildman–Crippen LogP) is 1.29. The lowest BCUT2D eigenvalue weighted by Crippen LogP contribution is -2.27. The average Bonchev–Trinajstić information content (AvgIpc) is 2.48. The number of benzene rings is 1. The summed E-state index contributed by atoms with van der Waals surface area (Å²) < 4.78 is 40.2. The van der Waals surface area contributed by atoms with Crippen molar-refractivity contribution in [2.45, 2.75) is 17.7 Å². The third-order valence-corrected chi connectivity index (χ3v) is 4.78. The second-order valence-corrected chi connectivity index (χ2v) is 6.42. The van der Waals surface area contributed by atoms with Crippen molar-refractivity contribution in [1.29, 1.82) is 5.26 Å². The SMILES string of the molecule is N#Cc1c(F)cccc1S(=O)(=O)NCCC1=CCNCC1. The molecule has 0 aromatic heterocycles. The van der Waals surface area contributed by atoms with Gasteiger partial charge in [0.25, 0.3) is 0 Å². The molecule has 1 aromatic rings. The first-order chi connectivity index (χ1) is 10.0. The lowest BCUT2D eigenvalue weighted by molar-refractivity contribution is 0.575.